The third kappa shape index (κ3) is 9.42. The molecule has 0 fully saturated rings. The van der Waals surface area contributed by atoms with E-state index in [4.69, 9.17) is 4.55 Å². The fourth-order valence-electron chi connectivity index (χ4n) is 2.18. The van der Waals surface area contributed by atoms with Crippen molar-refractivity contribution in [1.82, 2.24) is 0 Å². The molecule has 12 heteroatoms. The van der Waals surface area contributed by atoms with Crippen LogP contribution in [-0.4, -0.2) is 13.0 Å². The Morgan fingerprint density at radius 1 is 0.839 bits per heavy atom. The maximum atomic E-state index is 12.3. The molecule has 0 aliphatic rings. The molecule has 176 valence electrons. The first-order valence-electron chi connectivity index (χ1n) is 8.41. The lowest BCUT2D eigenvalue weighted by Crippen LogP contribution is -2.14. The van der Waals surface area contributed by atoms with E-state index in [-0.39, 0.29) is 42.2 Å². The summed E-state index contributed by atoms with van der Waals surface area (Å²) in [4.78, 5) is -1.47. The molecule has 0 saturated carbocycles. The van der Waals surface area contributed by atoms with E-state index in [9.17, 15) is 34.8 Å². The lowest BCUT2D eigenvalue weighted by Gasteiger charge is -2.23. The van der Waals surface area contributed by atoms with E-state index in [1.807, 2.05) is 0 Å². The first-order valence-corrected chi connectivity index (χ1v) is 10.9. The van der Waals surface area contributed by atoms with Gasteiger partial charge in [0, 0.05) is 3.57 Å². The standard InChI is InChI=1S/C11H15I.C8H4F6O3S.HI/c1-4-11(2,3)9-5-7-10(12)8-6-9;9-7(10,11)4-1-5(8(12,13)14)3-6(2-4)18(15,16)17;/h5-8H,4H2,1-3H3;1-3H,(H,15,16,17);1H. The molecule has 0 aromatic heterocycles. The molecule has 2 aromatic carbocycles. The lowest BCUT2D eigenvalue weighted by atomic mass is 9.82. The summed E-state index contributed by atoms with van der Waals surface area (Å²) in [6.45, 7) is 6.81. The first-order chi connectivity index (χ1) is 13.4. The number of alkyl halides is 6. The summed E-state index contributed by atoms with van der Waals surface area (Å²) in [6.07, 6.45) is -9.14. The van der Waals surface area contributed by atoms with Crippen molar-refractivity contribution in [2.75, 3.05) is 0 Å². The quantitative estimate of drug-likeness (QED) is 0.205. The normalized spacial score (nSPS) is 12.5. The molecule has 0 amide bonds. The van der Waals surface area contributed by atoms with Gasteiger partial charge in [0.2, 0.25) is 0 Å². The van der Waals surface area contributed by atoms with Crippen molar-refractivity contribution in [3.63, 3.8) is 0 Å². The molecular formula is C19H20F6I2O3S. The van der Waals surface area contributed by atoms with E-state index in [0.717, 1.165) is 0 Å². The predicted molar refractivity (Wildman–Crippen MR) is 124 cm³/mol. The van der Waals surface area contributed by atoms with Crippen molar-refractivity contribution in [3.8, 4) is 0 Å². The SMILES string of the molecule is CCC(C)(C)c1ccc(I)cc1.I.O=S(=O)(O)c1cc(C(F)(F)F)cc(C(F)(F)F)c1. The van der Waals surface area contributed by atoms with Crippen LogP contribution >= 0.6 is 46.6 Å². The smallest absolute Gasteiger partial charge is 0.282 e. The molecule has 2 rings (SSSR count). The number of hydrogen-bond donors (Lipinski definition) is 1. The number of hydrogen-bond acceptors (Lipinski definition) is 2. The molecule has 0 aliphatic carbocycles. The van der Waals surface area contributed by atoms with Crippen molar-refractivity contribution in [3.05, 3.63) is 62.7 Å². The van der Waals surface area contributed by atoms with E-state index in [1.54, 1.807) is 0 Å². The van der Waals surface area contributed by atoms with E-state index < -0.39 is 38.5 Å². The highest BCUT2D eigenvalue weighted by molar-refractivity contribution is 14.1. The molecule has 0 atom stereocenters. The summed E-state index contributed by atoms with van der Waals surface area (Å²) in [7, 11) is -5.17. The molecule has 2 aromatic rings. The van der Waals surface area contributed by atoms with Crippen LogP contribution in [0, 0.1) is 3.57 Å². The third-order valence-corrected chi connectivity index (χ3v) is 5.92. The van der Waals surface area contributed by atoms with Gasteiger partial charge in [0.05, 0.1) is 16.0 Å². The van der Waals surface area contributed by atoms with Crippen molar-refractivity contribution >= 4 is 56.7 Å². The van der Waals surface area contributed by atoms with Crippen LogP contribution in [0.5, 0.6) is 0 Å². The van der Waals surface area contributed by atoms with E-state index >= 15 is 0 Å². The summed E-state index contributed by atoms with van der Waals surface area (Å²) in [5.74, 6) is 0. The number of benzene rings is 2. The Balaban J connectivity index is 0.000000605. The molecule has 0 radical (unpaired) electrons. The molecule has 3 nitrogen and oxygen atoms in total. The van der Waals surface area contributed by atoms with Crippen molar-refractivity contribution < 1.29 is 39.3 Å². The zero-order valence-corrected chi connectivity index (χ0v) is 21.8. The zero-order chi connectivity index (χ0) is 23.5. The second kappa shape index (κ2) is 11.0. The van der Waals surface area contributed by atoms with E-state index in [0.29, 0.717) is 5.41 Å². The summed E-state index contributed by atoms with van der Waals surface area (Å²) in [5.41, 5.74) is -1.87. The Hall–Kier alpha value is -0.610. The molecular weight excluding hydrogens is 676 g/mol. The summed E-state index contributed by atoms with van der Waals surface area (Å²) >= 11 is 2.34. The zero-order valence-electron chi connectivity index (χ0n) is 16.5. The molecule has 31 heavy (non-hydrogen) atoms. The molecule has 0 saturated heterocycles. The third-order valence-electron chi connectivity index (χ3n) is 4.37. The van der Waals surface area contributed by atoms with E-state index in [2.05, 4.69) is 67.6 Å². The number of halogens is 8. The monoisotopic (exact) mass is 696 g/mol. The maximum Gasteiger partial charge on any atom is 0.416 e. The second-order valence-electron chi connectivity index (χ2n) is 6.96. The summed E-state index contributed by atoms with van der Waals surface area (Å²) in [6, 6.07) is 8.40. The van der Waals surface area contributed by atoms with Crippen LogP contribution < -0.4 is 0 Å². The van der Waals surface area contributed by atoms with Crippen LogP contribution in [-0.2, 0) is 27.9 Å². The second-order valence-corrected chi connectivity index (χ2v) is 9.63. The molecule has 0 heterocycles. The first kappa shape index (κ1) is 30.4. The minimum Gasteiger partial charge on any atom is -0.282 e. The number of rotatable bonds is 3. The average Bonchev–Trinajstić information content (AvgIpc) is 2.60. The van der Waals surface area contributed by atoms with Gasteiger partial charge in [-0.05, 0) is 70.3 Å². The fraction of sp³-hybridized carbons (Fsp3) is 0.368. The van der Waals surface area contributed by atoms with E-state index in [1.165, 1.54) is 15.6 Å². The minimum absolute atomic E-state index is 0. The van der Waals surface area contributed by atoms with Crippen molar-refractivity contribution in [2.45, 2.75) is 49.9 Å². The molecule has 0 aliphatic heterocycles. The Labute approximate surface area is 207 Å². The van der Waals surface area contributed by atoms with Crippen LogP contribution in [0.3, 0.4) is 0 Å². The Morgan fingerprint density at radius 3 is 1.52 bits per heavy atom. The van der Waals surface area contributed by atoms with Gasteiger partial charge in [-0.25, -0.2) is 0 Å². The van der Waals surface area contributed by atoms with Crippen LogP contribution in [0.4, 0.5) is 26.3 Å². The molecule has 0 unspecified atom stereocenters. The molecule has 1 N–H and O–H groups in total. The largest absolute Gasteiger partial charge is 0.416 e. The highest BCUT2D eigenvalue weighted by Crippen LogP contribution is 2.37. The lowest BCUT2D eigenvalue weighted by molar-refractivity contribution is -0.143. The van der Waals surface area contributed by atoms with Crippen molar-refractivity contribution in [2.24, 2.45) is 0 Å². The predicted octanol–water partition coefficient (Wildman–Crippen LogP) is 7.57. The van der Waals surface area contributed by atoms with Crippen LogP contribution in [0.2, 0.25) is 0 Å². The topological polar surface area (TPSA) is 54.4 Å². The van der Waals surface area contributed by atoms with Gasteiger partial charge >= 0.3 is 12.4 Å². The van der Waals surface area contributed by atoms with Gasteiger partial charge < -0.3 is 0 Å². The summed E-state index contributed by atoms with van der Waals surface area (Å²) in [5, 5.41) is 0. The van der Waals surface area contributed by atoms with Gasteiger partial charge in [-0.2, -0.15) is 34.8 Å². The van der Waals surface area contributed by atoms with Gasteiger partial charge in [0.1, 0.15) is 0 Å². The van der Waals surface area contributed by atoms with Crippen LogP contribution in [0.25, 0.3) is 0 Å². The highest BCUT2D eigenvalue weighted by atomic mass is 127. The maximum absolute atomic E-state index is 12.3. The fourth-order valence-corrected chi connectivity index (χ4v) is 3.09. The Bertz CT molecular complexity index is 937. The molecule has 0 bridgehead atoms. The van der Waals surface area contributed by atoms with Gasteiger partial charge in [-0.15, -0.1) is 24.0 Å². The van der Waals surface area contributed by atoms with Gasteiger partial charge in [-0.3, -0.25) is 4.55 Å². The Kier molecular flexibility index (Phi) is 10.8. The van der Waals surface area contributed by atoms with Crippen molar-refractivity contribution in [1.29, 1.82) is 0 Å². The Morgan fingerprint density at radius 2 is 1.23 bits per heavy atom. The average molecular weight is 696 g/mol. The van der Waals surface area contributed by atoms with Gasteiger partial charge in [0.15, 0.2) is 0 Å². The van der Waals surface area contributed by atoms with Crippen LogP contribution in [0.1, 0.15) is 43.9 Å². The molecule has 0 spiro atoms. The minimum atomic E-state index is -5.17. The highest BCUT2D eigenvalue weighted by Gasteiger charge is 2.38. The van der Waals surface area contributed by atoms with Gasteiger partial charge in [0.25, 0.3) is 10.1 Å². The van der Waals surface area contributed by atoms with Gasteiger partial charge in [-0.1, -0.05) is 32.9 Å². The van der Waals surface area contributed by atoms with Crippen LogP contribution in [0.15, 0.2) is 47.4 Å². The summed E-state index contributed by atoms with van der Waals surface area (Å²) < 4.78 is 105.